The Morgan fingerprint density at radius 2 is 1.89 bits per heavy atom. The van der Waals surface area contributed by atoms with Gasteiger partial charge < -0.3 is 5.73 Å². The number of anilines is 1. The summed E-state index contributed by atoms with van der Waals surface area (Å²) in [5.74, 6) is -0.950. The number of rotatable bonds is 4. The molecule has 0 bridgehead atoms. The van der Waals surface area contributed by atoms with E-state index in [-0.39, 0.29) is 0 Å². The molecule has 0 unspecified atom stereocenters. The Kier molecular flexibility index (Phi) is 4.17. The molecule has 18 heavy (non-hydrogen) atoms. The molecule has 9 heteroatoms. The minimum Gasteiger partial charge on any atom is -0.395 e. The Morgan fingerprint density at radius 3 is 2.44 bits per heavy atom. The van der Waals surface area contributed by atoms with Crippen LogP contribution in [-0.4, -0.2) is 21.1 Å². The Bertz CT molecular complexity index is 528. The minimum absolute atomic E-state index is 0.579. The largest absolute Gasteiger partial charge is 0.395 e. The van der Waals surface area contributed by atoms with Crippen LogP contribution in [-0.2, 0) is 10.0 Å². The van der Waals surface area contributed by atoms with Crippen molar-refractivity contribution in [2.24, 2.45) is 0 Å². The van der Waals surface area contributed by atoms with Gasteiger partial charge in [0.1, 0.15) is 10.7 Å². The van der Waals surface area contributed by atoms with Gasteiger partial charge in [0, 0.05) is 6.54 Å². The lowest BCUT2D eigenvalue weighted by Crippen LogP contribution is -2.28. The van der Waals surface area contributed by atoms with Crippen molar-refractivity contribution in [2.45, 2.75) is 17.5 Å². The van der Waals surface area contributed by atoms with E-state index in [1.807, 2.05) is 0 Å². The van der Waals surface area contributed by atoms with Gasteiger partial charge in [-0.3, -0.25) is 0 Å². The van der Waals surface area contributed by atoms with E-state index in [0.717, 1.165) is 18.2 Å². The first-order valence-corrected chi connectivity index (χ1v) is 6.22. The van der Waals surface area contributed by atoms with E-state index in [9.17, 15) is 26.0 Å². The van der Waals surface area contributed by atoms with Crippen LogP contribution in [0.3, 0.4) is 0 Å². The van der Waals surface area contributed by atoms with Crippen LogP contribution < -0.4 is 10.5 Å². The lowest BCUT2D eigenvalue weighted by atomic mass is 10.3. The van der Waals surface area contributed by atoms with Crippen LogP contribution in [0.15, 0.2) is 23.1 Å². The van der Waals surface area contributed by atoms with E-state index in [2.05, 4.69) is 0 Å². The minimum atomic E-state index is -4.48. The van der Waals surface area contributed by atoms with Crippen LogP contribution in [0.1, 0.15) is 6.42 Å². The van der Waals surface area contributed by atoms with Crippen LogP contribution in [0.2, 0.25) is 0 Å². The molecule has 0 saturated carbocycles. The normalized spacial score (nSPS) is 12.7. The molecule has 0 fully saturated rings. The summed E-state index contributed by atoms with van der Waals surface area (Å²) in [4.78, 5) is -0.579. The second-order valence-electron chi connectivity index (χ2n) is 3.41. The molecular formula is C9H10F4N2O2S. The van der Waals surface area contributed by atoms with Gasteiger partial charge in [0.05, 0.1) is 12.1 Å². The fourth-order valence-electron chi connectivity index (χ4n) is 1.16. The van der Waals surface area contributed by atoms with Crippen LogP contribution >= 0.6 is 0 Å². The number of nitrogen functional groups attached to an aromatic ring is 1. The average molecular weight is 286 g/mol. The zero-order valence-electron chi connectivity index (χ0n) is 8.96. The first-order valence-electron chi connectivity index (χ1n) is 4.74. The molecular weight excluding hydrogens is 276 g/mol. The van der Waals surface area contributed by atoms with Crippen molar-refractivity contribution in [3.63, 3.8) is 0 Å². The third-order valence-corrected chi connectivity index (χ3v) is 3.52. The van der Waals surface area contributed by atoms with Crippen LogP contribution in [0, 0.1) is 5.82 Å². The number of halogens is 4. The van der Waals surface area contributed by atoms with Gasteiger partial charge in [0.15, 0.2) is 0 Å². The van der Waals surface area contributed by atoms with Crippen molar-refractivity contribution in [1.82, 2.24) is 4.72 Å². The summed E-state index contributed by atoms with van der Waals surface area (Å²) in [5, 5.41) is 0. The molecule has 1 rings (SSSR count). The Hall–Kier alpha value is -1.35. The first kappa shape index (κ1) is 14.7. The highest BCUT2D eigenvalue weighted by atomic mass is 32.2. The zero-order chi connectivity index (χ0) is 14.0. The molecule has 0 saturated heterocycles. The molecule has 102 valence electrons. The fraction of sp³-hybridized carbons (Fsp3) is 0.333. The number of nitrogens with one attached hydrogen (secondary N) is 1. The van der Waals surface area contributed by atoms with Crippen molar-refractivity contribution in [3.05, 3.63) is 24.0 Å². The molecule has 0 spiro atoms. The molecule has 1 aromatic carbocycles. The summed E-state index contributed by atoms with van der Waals surface area (Å²) >= 11 is 0. The van der Waals surface area contributed by atoms with Gasteiger partial charge in [-0.15, -0.1) is 0 Å². The SMILES string of the molecule is Nc1c(F)cccc1S(=O)(=O)NCCC(F)(F)F. The third kappa shape index (κ3) is 3.84. The van der Waals surface area contributed by atoms with E-state index in [4.69, 9.17) is 5.73 Å². The third-order valence-electron chi connectivity index (χ3n) is 2.00. The summed E-state index contributed by atoms with van der Waals surface area (Å²) in [6.07, 6.45) is -5.79. The van der Waals surface area contributed by atoms with E-state index in [1.54, 1.807) is 4.72 Å². The smallest absolute Gasteiger partial charge is 0.390 e. The molecule has 3 N–H and O–H groups in total. The summed E-state index contributed by atoms with van der Waals surface area (Å²) in [7, 11) is -4.25. The molecule has 0 amide bonds. The highest BCUT2D eigenvalue weighted by Crippen LogP contribution is 2.22. The zero-order valence-corrected chi connectivity index (χ0v) is 9.78. The first-order chi connectivity index (χ1) is 8.13. The summed E-state index contributed by atoms with van der Waals surface area (Å²) in [6.45, 7) is -0.832. The molecule has 0 aliphatic rings. The van der Waals surface area contributed by atoms with Crippen LogP contribution in [0.5, 0.6) is 0 Å². The van der Waals surface area contributed by atoms with Gasteiger partial charge in [-0.2, -0.15) is 13.2 Å². The quantitative estimate of drug-likeness (QED) is 0.653. The molecule has 0 radical (unpaired) electrons. The topological polar surface area (TPSA) is 72.2 Å². The van der Waals surface area contributed by atoms with Gasteiger partial charge in [-0.25, -0.2) is 17.5 Å². The Balaban J connectivity index is 2.84. The predicted molar refractivity (Wildman–Crippen MR) is 56.7 cm³/mol. The molecule has 0 aromatic heterocycles. The standard InChI is InChI=1S/C9H10F4N2O2S/c10-6-2-1-3-7(8(6)14)18(16,17)15-5-4-9(11,12)13/h1-3,15H,4-5,14H2. The van der Waals surface area contributed by atoms with Gasteiger partial charge in [0.25, 0.3) is 0 Å². The van der Waals surface area contributed by atoms with Gasteiger partial charge in [-0.05, 0) is 12.1 Å². The maximum atomic E-state index is 13.0. The predicted octanol–water partition coefficient (Wildman–Crippen LogP) is 1.64. The van der Waals surface area contributed by atoms with E-state index >= 15 is 0 Å². The summed E-state index contributed by atoms with van der Waals surface area (Å²) in [5.41, 5.74) is 4.58. The number of benzene rings is 1. The van der Waals surface area contributed by atoms with E-state index in [0.29, 0.717) is 0 Å². The Labute approximate surface area is 101 Å². The number of hydrogen-bond acceptors (Lipinski definition) is 3. The number of para-hydroxylation sites is 1. The second-order valence-corrected chi connectivity index (χ2v) is 5.15. The van der Waals surface area contributed by atoms with Crippen molar-refractivity contribution in [3.8, 4) is 0 Å². The Morgan fingerprint density at radius 1 is 1.28 bits per heavy atom. The highest BCUT2D eigenvalue weighted by molar-refractivity contribution is 7.89. The van der Waals surface area contributed by atoms with Gasteiger partial charge in [-0.1, -0.05) is 6.07 Å². The summed E-state index contributed by atoms with van der Waals surface area (Å²) in [6, 6.07) is 3.06. The molecule has 0 heterocycles. The van der Waals surface area contributed by atoms with Crippen molar-refractivity contribution >= 4 is 15.7 Å². The lowest BCUT2D eigenvalue weighted by molar-refractivity contribution is -0.132. The maximum Gasteiger partial charge on any atom is 0.390 e. The number of hydrogen-bond donors (Lipinski definition) is 2. The maximum absolute atomic E-state index is 13.0. The van der Waals surface area contributed by atoms with Crippen molar-refractivity contribution in [2.75, 3.05) is 12.3 Å². The van der Waals surface area contributed by atoms with Gasteiger partial charge in [0.2, 0.25) is 10.0 Å². The molecule has 0 atom stereocenters. The molecule has 1 aromatic rings. The van der Waals surface area contributed by atoms with Crippen LogP contribution in [0.4, 0.5) is 23.2 Å². The summed E-state index contributed by atoms with van der Waals surface area (Å²) < 4.78 is 73.4. The molecule has 4 nitrogen and oxygen atoms in total. The van der Waals surface area contributed by atoms with Crippen LogP contribution in [0.25, 0.3) is 0 Å². The number of alkyl halides is 3. The second kappa shape index (κ2) is 5.11. The average Bonchev–Trinajstić information content (AvgIpc) is 2.19. The molecule has 0 aliphatic carbocycles. The van der Waals surface area contributed by atoms with Crippen molar-refractivity contribution in [1.29, 1.82) is 0 Å². The number of sulfonamides is 1. The van der Waals surface area contributed by atoms with E-state index in [1.165, 1.54) is 0 Å². The fourth-order valence-corrected chi connectivity index (χ4v) is 2.33. The number of nitrogens with two attached hydrogens (primary N) is 1. The monoisotopic (exact) mass is 286 g/mol. The lowest BCUT2D eigenvalue weighted by Gasteiger charge is -2.10. The molecule has 0 aliphatic heterocycles. The highest BCUT2D eigenvalue weighted by Gasteiger charge is 2.28. The van der Waals surface area contributed by atoms with Crippen molar-refractivity contribution < 1.29 is 26.0 Å². The van der Waals surface area contributed by atoms with Gasteiger partial charge >= 0.3 is 6.18 Å². The van der Waals surface area contributed by atoms with E-state index < -0.39 is 45.6 Å².